The van der Waals surface area contributed by atoms with E-state index in [9.17, 15) is 9.59 Å². The first-order chi connectivity index (χ1) is 9.90. The van der Waals surface area contributed by atoms with E-state index in [4.69, 9.17) is 0 Å². The molecule has 0 unspecified atom stereocenters. The average molecular weight is 298 g/mol. The lowest BCUT2D eigenvalue weighted by molar-refractivity contribution is -0.139. The first-order valence-electron chi connectivity index (χ1n) is 7.94. The van der Waals surface area contributed by atoms with Crippen LogP contribution in [0.1, 0.15) is 34.1 Å². The number of piperazine rings is 1. The Bertz CT molecular complexity index is 350. The van der Waals surface area contributed by atoms with Crippen molar-refractivity contribution >= 4 is 11.8 Å². The lowest BCUT2D eigenvalue weighted by atomic mass is 10.0. The summed E-state index contributed by atoms with van der Waals surface area (Å²) in [6.45, 7) is 12.7. The van der Waals surface area contributed by atoms with Crippen molar-refractivity contribution in [2.45, 2.75) is 39.7 Å². The molecule has 1 saturated heterocycles. The summed E-state index contributed by atoms with van der Waals surface area (Å²) in [5, 5.41) is 6.10. The van der Waals surface area contributed by atoms with Crippen molar-refractivity contribution in [2.75, 3.05) is 45.8 Å². The van der Waals surface area contributed by atoms with E-state index in [1.165, 1.54) is 0 Å². The summed E-state index contributed by atoms with van der Waals surface area (Å²) < 4.78 is 0. The molecule has 0 radical (unpaired) electrons. The van der Waals surface area contributed by atoms with Gasteiger partial charge in [0.1, 0.15) is 0 Å². The summed E-state index contributed by atoms with van der Waals surface area (Å²) in [5.41, 5.74) is -0.518. The minimum Gasteiger partial charge on any atom is -0.355 e. The van der Waals surface area contributed by atoms with Crippen LogP contribution in [-0.2, 0) is 9.59 Å². The maximum Gasteiger partial charge on any atom is 0.242 e. The molecule has 1 aliphatic heterocycles. The maximum absolute atomic E-state index is 12.4. The largest absolute Gasteiger partial charge is 0.355 e. The van der Waals surface area contributed by atoms with E-state index in [1.54, 1.807) is 0 Å². The fourth-order valence-corrected chi connectivity index (χ4v) is 2.55. The highest BCUT2D eigenvalue weighted by Crippen LogP contribution is 2.11. The Labute approximate surface area is 128 Å². The molecular formula is C15H30N4O2. The predicted octanol–water partition coefficient (Wildman–Crippen LogP) is 0.0449. The van der Waals surface area contributed by atoms with Gasteiger partial charge in [-0.2, -0.15) is 0 Å². The number of rotatable bonds is 7. The molecule has 122 valence electrons. The Morgan fingerprint density at radius 3 is 2.24 bits per heavy atom. The van der Waals surface area contributed by atoms with Crippen LogP contribution in [0.25, 0.3) is 0 Å². The molecule has 0 aromatic carbocycles. The molecule has 1 rings (SSSR count). The van der Waals surface area contributed by atoms with Crippen LogP contribution in [0.5, 0.6) is 0 Å². The van der Waals surface area contributed by atoms with Gasteiger partial charge in [-0.15, -0.1) is 0 Å². The van der Waals surface area contributed by atoms with Crippen molar-refractivity contribution in [3.8, 4) is 0 Å². The Balaban J connectivity index is 2.38. The second kappa shape index (κ2) is 8.34. The van der Waals surface area contributed by atoms with Crippen LogP contribution in [0.2, 0.25) is 0 Å². The van der Waals surface area contributed by atoms with Crippen LogP contribution in [0.4, 0.5) is 0 Å². The van der Waals surface area contributed by atoms with Gasteiger partial charge in [0.2, 0.25) is 11.8 Å². The lowest BCUT2D eigenvalue weighted by Crippen LogP contribution is -2.59. The second-order valence-electron chi connectivity index (χ2n) is 6.07. The molecular weight excluding hydrogens is 268 g/mol. The molecule has 0 aliphatic carbocycles. The zero-order valence-electron chi connectivity index (χ0n) is 13.9. The molecule has 1 fully saturated rings. The Kier molecular flexibility index (Phi) is 7.11. The molecule has 1 heterocycles. The summed E-state index contributed by atoms with van der Waals surface area (Å²) in [6, 6.07) is 0. The van der Waals surface area contributed by atoms with Crippen molar-refractivity contribution in [1.29, 1.82) is 0 Å². The van der Waals surface area contributed by atoms with Gasteiger partial charge in [-0.1, -0.05) is 13.8 Å². The monoisotopic (exact) mass is 298 g/mol. The van der Waals surface area contributed by atoms with Crippen LogP contribution < -0.4 is 10.6 Å². The van der Waals surface area contributed by atoms with E-state index in [1.807, 2.05) is 32.6 Å². The van der Waals surface area contributed by atoms with Gasteiger partial charge in [0.15, 0.2) is 0 Å². The van der Waals surface area contributed by atoms with Crippen molar-refractivity contribution < 1.29 is 9.59 Å². The van der Waals surface area contributed by atoms with Crippen LogP contribution in [-0.4, -0.2) is 73.0 Å². The third-order valence-corrected chi connectivity index (χ3v) is 3.75. The summed E-state index contributed by atoms with van der Waals surface area (Å²) in [4.78, 5) is 28.1. The summed E-state index contributed by atoms with van der Waals surface area (Å²) in [6.07, 6.45) is 0.952. The van der Waals surface area contributed by atoms with Gasteiger partial charge in [-0.05, 0) is 26.8 Å². The normalized spacial score (nSPS) is 16.9. The number of amides is 2. The minimum atomic E-state index is -0.518. The van der Waals surface area contributed by atoms with Gasteiger partial charge in [0, 0.05) is 32.7 Å². The van der Waals surface area contributed by atoms with Gasteiger partial charge in [-0.25, -0.2) is 0 Å². The summed E-state index contributed by atoms with van der Waals surface area (Å²) in [7, 11) is 0. The van der Waals surface area contributed by atoms with E-state index in [0.29, 0.717) is 19.6 Å². The van der Waals surface area contributed by atoms with E-state index < -0.39 is 5.54 Å². The van der Waals surface area contributed by atoms with Gasteiger partial charge in [0.05, 0.1) is 12.1 Å². The average Bonchev–Trinajstić information content (AvgIpc) is 2.45. The molecule has 0 aromatic rings. The number of likely N-dealkylation sites (N-methyl/N-ethyl adjacent to an activating group) is 1. The number of hydrogen-bond acceptors (Lipinski definition) is 4. The number of hydrogen-bond donors (Lipinski definition) is 2. The van der Waals surface area contributed by atoms with E-state index >= 15 is 0 Å². The molecule has 0 spiro atoms. The third-order valence-electron chi connectivity index (χ3n) is 3.75. The SMILES string of the molecule is CCCNC(=O)CN1CCN(C(=O)C(C)(C)NCC)CC1. The Morgan fingerprint density at radius 1 is 1.10 bits per heavy atom. The fraction of sp³-hybridized carbons (Fsp3) is 0.867. The molecule has 21 heavy (non-hydrogen) atoms. The van der Waals surface area contributed by atoms with Crippen molar-refractivity contribution in [2.24, 2.45) is 0 Å². The molecule has 1 aliphatic rings. The number of carbonyl (C=O) groups is 2. The highest BCUT2D eigenvalue weighted by molar-refractivity contribution is 5.85. The van der Waals surface area contributed by atoms with Crippen molar-refractivity contribution in [3.05, 3.63) is 0 Å². The summed E-state index contributed by atoms with van der Waals surface area (Å²) in [5.74, 6) is 0.212. The Hall–Kier alpha value is -1.14. The van der Waals surface area contributed by atoms with Crippen LogP contribution in [0, 0.1) is 0 Å². The van der Waals surface area contributed by atoms with E-state index in [0.717, 1.165) is 32.6 Å². The second-order valence-corrected chi connectivity index (χ2v) is 6.07. The smallest absolute Gasteiger partial charge is 0.242 e. The van der Waals surface area contributed by atoms with Gasteiger partial charge >= 0.3 is 0 Å². The molecule has 6 nitrogen and oxygen atoms in total. The van der Waals surface area contributed by atoms with E-state index in [-0.39, 0.29) is 11.8 Å². The number of nitrogens with zero attached hydrogens (tertiary/aromatic N) is 2. The zero-order valence-corrected chi connectivity index (χ0v) is 13.9. The topological polar surface area (TPSA) is 64.7 Å². The van der Waals surface area contributed by atoms with Gasteiger partial charge in [0.25, 0.3) is 0 Å². The van der Waals surface area contributed by atoms with Crippen LogP contribution >= 0.6 is 0 Å². The molecule has 0 bridgehead atoms. The third kappa shape index (κ3) is 5.63. The fourth-order valence-electron chi connectivity index (χ4n) is 2.55. The molecule has 0 saturated carbocycles. The van der Waals surface area contributed by atoms with Crippen molar-refractivity contribution in [1.82, 2.24) is 20.4 Å². The van der Waals surface area contributed by atoms with E-state index in [2.05, 4.69) is 15.5 Å². The van der Waals surface area contributed by atoms with Crippen LogP contribution in [0.3, 0.4) is 0 Å². The molecule has 6 heteroatoms. The van der Waals surface area contributed by atoms with Gasteiger partial charge < -0.3 is 15.5 Å². The maximum atomic E-state index is 12.4. The number of nitrogens with one attached hydrogen (secondary N) is 2. The first-order valence-corrected chi connectivity index (χ1v) is 7.94. The molecule has 0 atom stereocenters. The quantitative estimate of drug-likeness (QED) is 0.697. The minimum absolute atomic E-state index is 0.0737. The standard InChI is InChI=1S/C15H30N4O2/c1-5-7-16-13(20)12-18-8-10-19(11-9-18)14(21)15(3,4)17-6-2/h17H,5-12H2,1-4H3,(H,16,20). The molecule has 2 amide bonds. The number of carbonyl (C=O) groups excluding carboxylic acids is 2. The van der Waals surface area contributed by atoms with Crippen LogP contribution in [0.15, 0.2) is 0 Å². The highest BCUT2D eigenvalue weighted by Gasteiger charge is 2.32. The predicted molar refractivity (Wildman–Crippen MR) is 84.1 cm³/mol. The molecule has 0 aromatic heterocycles. The lowest BCUT2D eigenvalue weighted by Gasteiger charge is -2.38. The first kappa shape index (κ1) is 17.9. The van der Waals surface area contributed by atoms with Crippen molar-refractivity contribution in [3.63, 3.8) is 0 Å². The molecule has 2 N–H and O–H groups in total. The zero-order chi connectivity index (χ0) is 15.9. The highest BCUT2D eigenvalue weighted by atomic mass is 16.2. The Morgan fingerprint density at radius 2 is 1.71 bits per heavy atom. The summed E-state index contributed by atoms with van der Waals surface area (Å²) >= 11 is 0. The van der Waals surface area contributed by atoms with Gasteiger partial charge in [-0.3, -0.25) is 14.5 Å².